The number of carbonyl (C=O) groups excluding carboxylic acids is 4. The Kier molecular flexibility index (Phi) is 17.1. The zero-order valence-corrected chi connectivity index (χ0v) is 33.0. The molecule has 1 aliphatic carbocycles. The Morgan fingerprint density at radius 3 is 2.31 bits per heavy atom. The SMILES string of the molecule is CC(C)CCC(O)C(CC1CCCCC1)NC(=O)[C@H](Cc1cnc[nH]1)N(C)C(=O)C(Cc1ccccc1)OC(=O)N(C)CCN(C)C(=O)N1CCOCC1. The first-order chi connectivity index (χ1) is 25.9. The fraction of sp³-hybridized carbons (Fsp3) is 0.675. The Morgan fingerprint density at radius 2 is 1.67 bits per heavy atom. The maximum atomic E-state index is 14.4. The van der Waals surface area contributed by atoms with Crippen molar-refractivity contribution in [3.8, 4) is 0 Å². The lowest BCUT2D eigenvalue weighted by molar-refractivity contribution is -0.146. The van der Waals surface area contributed by atoms with Gasteiger partial charge in [0.05, 0.1) is 31.7 Å². The van der Waals surface area contributed by atoms with Crippen molar-refractivity contribution in [1.29, 1.82) is 0 Å². The summed E-state index contributed by atoms with van der Waals surface area (Å²) in [6.07, 6.45) is 8.39. The van der Waals surface area contributed by atoms with Gasteiger partial charge in [0.25, 0.3) is 5.91 Å². The maximum Gasteiger partial charge on any atom is 0.410 e. The van der Waals surface area contributed by atoms with Crippen LogP contribution in [0, 0.1) is 11.8 Å². The highest BCUT2D eigenvalue weighted by Gasteiger charge is 2.37. The van der Waals surface area contributed by atoms with Crippen LogP contribution < -0.4 is 5.32 Å². The molecular formula is C40H63N7O7. The molecule has 0 radical (unpaired) electrons. The number of likely N-dealkylation sites (N-methyl/N-ethyl adjacent to an activating group) is 3. The van der Waals surface area contributed by atoms with Crippen LogP contribution in [0.1, 0.15) is 76.5 Å². The van der Waals surface area contributed by atoms with Gasteiger partial charge >= 0.3 is 12.1 Å². The highest BCUT2D eigenvalue weighted by molar-refractivity contribution is 5.90. The molecule has 2 heterocycles. The Balaban J connectivity index is 1.50. The first kappa shape index (κ1) is 42.6. The average molecular weight is 754 g/mol. The minimum absolute atomic E-state index is 0.0929. The third kappa shape index (κ3) is 13.3. The molecule has 4 rings (SSSR count). The normalized spacial score (nSPS) is 17.3. The first-order valence-corrected chi connectivity index (χ1v) is 19.7. The van der Waals surface area contributed by atoms with E-state index in [0.29, 0.717) is 56.7 Å². The first-order valence-electron chi connectivity index (χ1n) is 19.7. The molecule has 2 fully saturated rings. The predicted octanol–water partition coefficient (Wildman–Crippen LogP) is 4.10. The largest absolute Gasteiger partial charge is 0.436 e. The van der Waals surface area contributed by atoms with E-state index in [4.69, 9.17) is 9.47 Å². The molecule has 4 atom stereocenters. The van der Waals surface area contributed by atoms with Gasteiger partial charge < -0.3 is 44.5 Å². The number of aliphatic hydroxyl groups excluding tert-OH is 1. The van der Waals surface area contributed by atoms with E-state index < -0.39 is 36.3 Å². The lowest BCUT2D eigenvalue weighted by atomic mass is 9.83. The molecule has 1 aromatic heterocycles. The fourth-order valence-corrected chi connectivity index (χ4v) is 7.17. The molecular weight excluding hydrogens is 690 g/mol. The number of morpholine rings is 1. The standard InChI is InChI=1S/C40H63N7O7/c1-29(2)16-17-35(48)33(24-30-12-8-6-9-13-30)43-37(49)34(26-32-27-41-28-42-32)46(5)38(50)36(25-31-14-10-7-11-15-31)54-40(52)45(4)19-18-44(3)39(51)47-20-22-53-23-21-47/h7,10-11,14-15,27-30,33-36,48H,6,8-9,12-13,16-26H2,1-5H3,(H,41,42)(H,43,49)/t33?,34-,35?,36?/m0/s1. The highest BCUT2D eigenvalue weighted by atomic mass is 16.6. The number of rotatable bonds is 18. The van der Waals surface area contributed by atoms with Gasteiger partial charge in [-0.3, -0.25) is 9.59 Å². The van der Waals surface area contributed by atoms with Crippen LogP contribution in [0.4, 0.5) is 9.59 Å². The van der Waals surface area contributed by atoms with E-state index >= 15 is 0 Å². The monoisotopic (exact) mass is 753 g/mol. The molecule has 1 aliphatic heterocycles. The van der Waals surface area contributed by atoms with Crippen molar-refractivity contribution < 1.29 is 33.8 Å². The Labute approximate surface area is 320 Å². The van der Waals surface area contributed by atoms with Gasteiger partial charge in [-0.2, -0.15) is 0 Å². The molecule has 3 N–H and O–H groups in total. The minimum atomic E-state index is -1.24. The zero-order chi connectivity index (χ0) is 39.0. The molecule has 1 aromatic carbocycles. The lowest BCUT2D eigenvalue weighted by Crippen LogP contribution is -2.56. The minimum Gasteiger partial charge on any atom is -0.436 e. The molecule has 54 heavy (non-hydrogen) atoms. The smallest absolute Gasteiger partial charge is 0.410 e. The molecule has 0 spiro atoms. The van der Waals surface area contributed by atoms with E-state index in [-0.39, 0.29) is 37.9 Å². The van der Waals surface area contributed by atoms with Crippen molar-refractivity contribution in [1.82, 2.24) is 34.9 Å². The van der Waals surface area contributed by atoms with Gasteiger partial charge in [0.1, 0.15) is 6.04 Å². The van der Waals surface area contributed by atoms with E-state index in [1.165, 1.54) is 22.5 Å². The van der Waals surface area contributed by atoms with Crippen LogP contribution in [-0.2, 0) is 31.9 Å². The summed E-state index contributed by atoms with van der Waals surface area (Å²) in [5.41, 5.74) is 1.44. The summed E-state index contributed by atoms with van der Waals surface area (Å²) in [5, 5.41) is 14.6. The number of nitrogens with zero attached hydrogens (tertiary/aromatic N) is 5. The number of hydrogen-bond acceptors (Lipinski definition) is 8. The van der Waals surface area contributed by atoms with Crippen molar-refractivity contribution in [2.24, 2.45) is 11.8 Å². The average Bonchev–Trinajstić information content (AvgIpc) is 3.71. The van der Waals surface area contributed by atoms with Crippen LogP contribution in [0.5, 0.6) is 0 Å². The number of imidazole rings is 1. The number of ether oxygens (including phenoxy) is 2. The van der Waals surface area contributed by atoms with Gasteiger partial charge in [-0.15, -0.1) is 0 Å². The fourth-order valence-electron chi connectivity index (χ4n) is 7.17. The number of nitrogens with one attached hydrogen (secondary N) is 2. The molecule has 300 valence electrons. The van der Waals surface area contributed by atoms with Gasteiger partial charge in [0.2, 0.25) is 5.91 Å². The van der Waals surface area contributed by atoms with Crippen molar-refractivity contribution in [2.45, 2.75) is 102 Å². The van der Waals surface area contributed by atoms with Crippen molar-refractivity contribution in [3.63, 3.8) is 0 Å². The number of carbonyl (C=O) groups is 4. The van der Waals surface area contributed by atoms with Gasteiger partial charge in [-0.25, -0.2) is 14.6 Å². The van der Waals surface area contributed by atoms with Crippen LogP contribution >= 0.6 is 0 Å². The van der Waals surface area contributed by atoms with Crippen LogP contribution in [0.15, 0.2) is 42.9 Å². The lowest BCUT2D eigenvalue weighted by Gasteiger charge is -2.34. The van der Waals surface area contributed by atoms with Crippen molar-refractivity contribution in [3.05, 3.63) is 54.1 Å². The summed E-state index contributed by atoms with van der Waals surface area (Å²) in [5.74, 6) is -0.111. The van der Waals surface area contributed by atoms with Crippen molar-refractivity contribution in [2.75, 3.05) is 60.5 Å². The van der Waals surface area contributed by atoms with Crippen LogP contribution in [-0.4, -0.2) is 143 Å². The summed E-state index contributed by atoms with van der Waals surface area (Å²) >= 11 is 0. The van der Waals surface area contributed by atoms with Crippen LogP contribution in [0.3, 0.4) is 0 Å². The number of amides is 5. The number of aromatic amines is 1. The maximum absolute atomic E-state index is 14.4. The Hall–Kier alpha value is -4.17. The van der Waals surface area contributed by atoms with E-state index in [9.17, 15) is 24.3 Å². The summed E-state index contributed by atoms with van der Waals surface area (Å²) in [6.45, 7) is 6.67. The third-order valence-electron chi connectivity index (χ3n) is 10.7. The molecule has 1 saturated heterocycles. The predicted molar refractivity (Wildman–Crippen MR) is 206 cm³/mol. The number of benzene rings is 1. The second-order valence-electron chi connectivity index (χ2n) is 15.4. The molecule has 2 aromatic rings. The zero-order valence-electron chi connectivity index (χ0n) is 33.0. The second kappa shape index (κ2) is 21.7. The highest BCUT2D eigenvalue weighted by Crippen LogP contribution is 2.29. The number of hydrogen-bond donors (Lipinski definition) is 3. The molecule has 3 unspecified atom stereocenters. The van der Waals surface area contributed by atoms with Gasteiger partial charge in [0.15, 0.2) is 6.10 Å². The number of aliphatic hydroxyl groups is 1. The second-order valence-corrected chi connectivity index (χ2v) is 15.4. The number of urea groups is 1. The quantitative estimate of drug-likeness (QED) is 0.205. The number of H-pyrrole nitrogens is 1. The summed E-state index contributed by atoms with van der Waals surface area (Å²) in [7, 11) is 4.80. The van der Waals surface area contributed by atoms with E-state index in [1.807, 2.05) is 30.3 Å². The van der Waals surface area contributed by atoms with Gasteiger partial charge in [0, 0.05) is 72.1 Å². The van der Waals surface area contributed by atoms with Gasteiger partial charge in [-0.1, -0.05) is 76.3 Å². The van der Waals surface area contributed by atoms with E-state index in [1.54, 1.807) is 37.1 Å². The Morgan fingerprint density at radius 1 is 0.981 bits per heavy atom. The van der Waals surface area contributed by atoms with Crippen LogP contribution in [0.25, 0.3) is 0 Å². The Bertz CT molecular complexity index is 1430. The summed E-state index contributed by atoms with van der Waals surface area (Å²) in [4.78, 5) is 68.3. The molecule has 14 nitrogen and oxygen atoms in total. The summed E-state index contributed by atoms with van der Waals surface area (Å²) < 4.78 is 11.3. The molecule has 2 aliphatic rings. The summed E-state index contributed by atoms with van der Waals surface area (Å²) in [6, 6.07) is 7.67. The topological polar surface area (TPSA) is 161 Å². The molecule has 1 saturated carbocycles. The molecule has 5 amide bonds. The van der Waals surface area contributed by atoms with E-state index in [0.717, 1.165) is 37.7 Å². The number of aromatic nitrogens is 2. The van der Waals surface area contributed by atoms with Crippen LogP contribution in [0.2, 0.25) is 0 Å². The molecule has 0 bridgehead atoms. The van der Waals surface area contributed by atoms with Crippen molar-refractivity contribution >= 4 is 23.9 Å². The van der Waals surface area contributed by atoms with Gasteiger partial charge in [-0.05, 0) is 36.7 Å². The third-order valence-corrected chi connectivity index (χ3v) is 10.7. The van der Waals surface area contributed by atoms with E-state index in [2.05, 4.69) is 29.1 Å². The molecule has 14 heteroatoms.